The molecule has 0 saturated carbocycles. The Bertz CT molecular complexity index is 3050. The largest absolute Gasteiger partial charge is 0.455 e. The molecule has 1 heterocycles. The van der Waals surface area contributed by atoms with Gasteiger partial charge in [0.15, 0.2) is 0 Å². The van der Waals surface area contributed by atoms with Crippen LogP contribution in [0.5, 0.6) is 0 Å². The Balaban J connectivity index is 1.16. The Morgan fingerprint density at radius 1 is 0.444 bits per heavy atom. The first-order valence-corrected chi connectivity index (χ1v) is 18.8. The molecule has 1 atom stereocenters. The summed E-state index contributed by atoms with van der Waals surface area (Å²) in [6.07, 6.45) is 0. The molecule has 0 bridgehead atoms. The van der Waals surface area contributed by atoms with E-state index in [-0.39, 0.29) is 5.92 Å². The molecule has 1 aromatic heterocycles. The molecular formula is C52H35NO. The molecule has 1 unspecified atom stereocenters. The lowest BCUT2D eigenvalue weighted by molar-refractivity contribution is 0.670. The third-order valence-electron chi connectivity index (χ3n) is 11.5. The summed E-state index contributed by atoms with van der Waals surface area (Å²) in [6, 6.07) is 68.1. The highest BCUT2D eigenvalue weighted by atomic mass is 16.3. The van der Waals surface area contributed by atoms with Gasteiger partial charge in [-0.3, -0.25) is 0 Å². The van der Waals surface area contributed by atoms with E-state index < -0.39 is 0 Å². The van der Waals surface area contributed by atoms with Crippen LogP contribution in [-0.2, 0) is 0 Å². The highest BCUT2D eigenvalue weighted by Crippen LogP contribution is 2.55. The molecule has 2 heteroatoms. The first-order chi connectivity index (χ1) is 26.7. The van der Waals surface area contributed by atoms with E-state index in [9.17, 15) is 0 Å². The summed E-state index contributed by atoms with van der Waals surface area (Å²) in [5.41, 5.74) is 15.1. The first-order valence-electron chi connectivity index (χ1n) is 18.8. The maximum atomic E-state index is 7.03. The second-order valence-electron chi connectivity index (χ2n) is 14.5. The molecule has 9 aromatic carbocycles. The molecule has 11 rings (SSSR count). The van der Waals surface area contributed by atoms with Crippen molar-refractivity contribution in [3.05, 3.63) is 199 Å². The zero-order valence-electron chi connectivity index (χ0n) is 29.8. The highest BCUT2D eigenvalue weighted by molar-refractivity contribution is 6.27. The summed E-state index contributed by atoms with van der Waals surface area (Å²) < 4.78 is 7.03. The van der Waals surface area contributed by atoms with Gasteiger partial charge in [-0.1, -0.05) is 153 Å². The van der Waals surface area contributed by atoms with Crippen molar-refractivity contribution in [2.75, 3.05) is 4.90 Å². The Kier molecular flexibility index (Phi) is 6.87. The van der Waals surface area contributed by atoms with Gasteiger partial charge in [0.1, 0.15) is 11.2 Å². The molecule has 54 heavy (non-hydrogen) atoms. The zero-order valence-corrected chi connectivity index (χ0v) is 29.8. The summed E-state index contributed by atoms with van der Waals surface area (Å²) in [4.78, 5) is 2.40. The lowest BCUT2D eigenvalue weighted by atomic mass is 9.90. The van der Waals surface area contributed by atoms with Gasteiger partial charge < -0.3 is 9.32 Å². The van der Waals surface area contributed by atoms with Crippen LogP contribution in [0.1, 0.15) is 24.0 Å². The molecule has 0 radical (unpaired) electrons. The van der Waals surface area contributed by atoms with Gasteiger partial charge in [0.05, 0.1) is 0 Å². The molecule has 0 spiro atoms. The average Bonchev–Trinajstić information content (AvgIpc) is 3.77. The highest BCUT2D eigenvalue weighted by Gasteiger charge is 2.33. The number of hydrogen-bond donors (Lipinski definition) is 0. The second kappa shape index (κ2) is 12.1. The Morgan fingerprint density at radius 3 is 1.87 bits per heavy atom. The lowest BCUT2D eigenvalue weighted by Crippen LogP contribution is -2.10. The number of benzene rings is 9. The van der Waals surface area contributed by atoms with E-state index in [0.717, 1.165) is 28.2 Å². The third kappa shape index (κ3) is 4.67. The van der Waals surface area contributed by atoms with Crippen LogP contribution in [0.2, 0.25) is 0 Å². The predicted octanol–water partition coefficient (Wildman–Crippen LogP) is 14.8. The van der Waals surface area contributed by atoms with E-state index in [2.05, 4.69) is 200 Å². The normalized spacial score (nSPS) is 13.5. The van der Waals surface area contributed by atoms with Crippen molar-refractivity contribution in [3.8, 4) is 33.4 Å². The number of anilines is 3. The third-order valence-corrected chi connectivity index (χ3v) is 11.5. The topological polar surface area (TPSA) is 16.4 Å². The molecule has 254 valence electrons. The Morgan fingerprint density at radius 2 is 1.07 bits per heavy atom. The maximum absolute atomic E-state index is 7.03. The molecule has 0 aliphatic heterocycles. The number of fused-ring (bicyclic) bond motifs is 11. The van der Waals surface area contributed by atoms with E-state index in [0.29, 0.717) is 0 Å². The number of nitrogens with zero attached hydrogens (tertiary/aromatic N) is 1. The summed E-state index contributed by atoms with van der Waals surface area (Å²) in [5.74, 6) is 0.208. The van der Waals surface area contributed by atoms with Crippen LogP contribution in [0, 0.1) is 0 Å². The predicted molar refractivity (Wildman–Crippen MR) is 227 cm³/mol. The molecule has 10 aromatic rings. The molecule has 1 aliphatic rings. The van der Waals surface area contributed by atoms with E-state index in [4.69, 9.17) is 4.42 Å². The minimum atomic E-state index is 0.208. The van der Waals surface area contributed by atoms with Crippen LogP contribution < -0.4 is 4.90 Å². The van der Waals surface area contributed by atoms with Gasteiger partial charge in [0, 0.05) is 39.3 Å². The van der Waals surface area contributed by atoms with Gasteiger partial charge >= 0.3 is 0 Å². The molecule has 1 aliphatic carbocycles. The van der Waals surface area contributed by atoms with Crippen molar-refractivity contribution in [1.29, 1.82) is 0 Å². The van der Waals surface area contributed by atoms with Crippen LogP contribution in [0.25, 0.3) is 76.9 Å². The summed E-state index contributed by atoms with van der Waals surface area (Å²) in [7, 11) is 0. The molecule has 0 amide bonds. The van der Waals surface area contributed by atoms with Crippen molar-refractivity contribution < 1.29 is 4.42 Å². The quantitative estimate of drug-likeness (QED) is 0.179. The summed E-state index contributed by atoms with van der Waals surface area (Å²) in [6.45, 7) is 2.35. The molecular weight excluding hydrogens is 655 g/mol. The first kappa shape index (κ1) is 30.7. The zero-order chi connectivity index (χ0) is 35.8. The van der Waals surface area contributed by atoms with Gasteiger partial charge in [-0.15, -0.1) is 0 Å². The van der Waals surface area contributed by atoms with Gasteiger partial charge in [0.25, 0.3) is 0 Å². The molecule has 0 saturated heterocycles. The molecule has 2 nitrogen and oxygen atoms in total. The Hall–Kier alpha value is -6.90. The lowest BCUT2D eigenvalue weighted by Gasteiger charge is -2.27. The second-order valence-corrected chi connectivity index (χ2v) is 14.5. The van der Waals surface area contributed by atoms with Crippen LogP contribution in [0.3, 0.4) is 0 Å². The van der Waals surface area contributed by atoms with Crippen molar-refractivity contribution in [2.45, 2.75) is 12.8 Å². The van der Waals surface area contributed by atoms with Gasteiger partial charge in [-0.2, -0.15) is 0 Å². The summed E-state index contributed by atoms with van der Waals surface area (Å²) in [5, 5.41) is 7.33. The van der Waals surface area contributed by atoms with Crippen molar-refractivity contribution in [3.63, 3.8) is 0 Å². The molecule has 0 N–H and O–H groups in total. The smallest absolute Gasteiger partial charge is 0.144 e. The van der Waals surface area contributed by atoms with Gasteiger partial charge in [-0.25, -0.2) is 0 Å². The van der Waals surface area contributed by atoms with Crippen molar-refractivity contribution in [1.82, 2.24) is 0 Å². The monoisotopic (exact) mass is 689 g/mol. The minimum absolute atomic E-state index is 0.208. The van der Waals surface area contributed by atoms with Crippen molar-refractivity contribution in [2.24, 2.45) is 0 Å². The standard InChI is InChI=1S/C52H35NO/c1-33-42-30-29-41(53(40-28-25-35-15-8-9-18-38(35)31-40)39-26-23-36(24-27-39)34-13-4-2-5-14-34)32-46(42)51-48(33)44-19-10-11-20-45(44)50-49-43(37-16-6-3-7-17-37)21-12-22-47(49)54-52(50)51/h2-33H,1H3. The summed E-state index contributed by atoms with van der Waals surface area (Å²) >= 11 is 0. The minimum Gasteiger partial charge on any atom is -0.455 e. The molecule has 0 fully saturated rings. The van der Waals surface area contributed by atoms with Crippen LogP contribution in [-0.4, -0.2) is 0 Å². The Labute approximate surface area is 314 Å². The van der Waals surface area contributed by atoms with E-state index in [1.807, 2.05) is 0 Å². The average molecular weight is 690 g/mol. The van der Waals surface area contributed by atoms with Crippen LogP contribution in [0.15, 0.2) is 192 Å². The van der Waals surface area contributed by atoms with E-state index >= 15 is 0 Å². The van der Waals surface area contributed by atoms with Crippen molar-refractivity contribution >= 4 is 60.5 Å². The van der Waals surface area contributed by atoms with Crippen LogP contribution >= 0.6 is 0 Å². The fraction of sp³-hybridized carbons (Fsp3) is 0.0385. The van der Waals surface area contributed by atoms with Crippen LogP contribution in [0.4, 0.5) is 17.1 Å². The SMILES string of the molecule is CC1c2ccc(N(c3ccc(-c4ccccc4)cc3)c3ccc4ccccc4c3)cc2-c2c1c1ccccc1c1c2oc2cccc(-c3ccccc3)c21. The fourth-order valence-electron chi connectivity index (χ4n) is 8.98. The van der Waals surface area contributed by atoms with Gasteiger partial charge in [-0.05, 0) is 103 Å². The van der Waals surface area contributed by atoms with E-state index in [1.54, 1.807) is 0 Å². The maximum Gasteiger partial charge on any atom is 0.144 e. The fourth-order valence-corrected chi connectivity index (χ4v) is 8.98. The number of rotatable bonds is 5. The van der Waals surface area contributed by atoms with E-state index in [1.165, 1.54) is 76.8 Å². The number of furan rings is 1. The number of hydrogen-bond acceptors (Lipinski definition) is 2. The van der Waals surface area contributed by atoms with Gasteiger partial charge in [0.2, 0.25) is 0 Å².